The van der Waals surface area contributed by atoms with E-state index in [-0.39, 0.29) is 6.54 Å². The third-order valence-electron chi connectivity index (χ3n) is 2.42. The Morgan fingerprint density at radius 2 is 1.88 bits per heavy atom. The van der Waals surface area contributed by atoms with Crippen LogP contribution < -0.4 is 10.6 Å². The predicted molar refractivity (Wildman–Crippen MR) is 63.8 cm³/mol. The molecule has 0 spiro atoms. The molecule has 0 aliphatic rings. The maximum absolute atomic E-state index is 11.2. The molecule has 2 amide bonds. The van der Waals surface area contributed by atoms with Crippen molar-refractivity contribution in [2.24, 2.45) is 0 Å². The van der Waals surface area contributed by atoms with Crippen molar-refractivity contribution in [3.63, 3.8) is 0 Å². The highest BCUT2D eigenvalue weighted by Gasteiger charge is 2.03. The van der Waals surface area contributed by atoms with E-state index in [4.69, 9.17) is 5.11 Å². The standard InChI is InChI=1S/C12H16N2O3/c1-8-3-4-10(5-9(8)2)6-13-12(17)14-7-11(15)16/h3-5H,6-7H2,1-2H3,(H,15,16)(H2,13,14,17). The topological polar surface area (TPSA) is 78.4 Å². The van der Waals surface area contributed by atoms with Crippen molar-refractivity contribution in [3.05, 3.63) is 34.9 Å². The maximum Gasteiger partial charge on any atom is 0.323 e. The van der Waals surface area contributed by atoms with E-state index in [1.807, 2.05) is 32.0 Å². The second-order valence-corrected chi connectivity index (χ2v) is 3.85. The number of carbonyl (C=O) groups is 2. The van der Waals surface area contributed by atoms with Gasteiger partial charge in [-0.05, 0) is 30.5 Å². The quantitative estimate of drug-likeness (QED) is 0.734. The number of carbonyl (C=O) groups excluding carboxylic acids is 1. The molecule has 0 fully saturated rings. The molecular formula is C12H16N2O3. The third kappa shape index (κ3) is 4.55. The first-order chi connectivity index (χ1) is 7.99. The number of carboxylic acid groups (broad SMARTS) is 1. The Morgan fingerprint density at radius 3 is 2.47 bits per heavy atom. The van der Waals surface area contributed by atoms with Gasteiger partial charge in [0.25, 0.3) is 0 Å². The van der Waals surface area contributed by atoms with Gasteiger partial charge in [0.05, 0.1) is 0 Å². The fraction of sp³-hybridized carbons (Fsp3) is 0.333. The molecule has 0 saturated heterocycles. The largest absolute Gasteiger partial charge is 0.480 e. The SMILES string of the molecule is Cc1ccc(CNC(=O)NCC(=O)O)cc1C. The molecule has 0 atom stereocenters. The second-order valence-electron chi connectivity index (χ2n) is 3.85. The minimum absolute atomic E-state index is 0.376. The van der Waals surface area contributed by atoms with Crippen molar-refractivity contribution in [1.29, 1.82) is 0 Å². The van der Waals surface area contributed by atoms with Gasteiger partial charge in [0, 0.05) is 6.54 Å². The molecular weight excluding hydrogens is 220 g/mol. The molecule has 3 N–H and O–H groups in total. The van der Waals surface area contributed by atoms with E-state index in [1.165, 1.54) is 5.56 Å². The minimum Gasteiger partial charge on any atom is -0.480 e. The first-order valence-corrected chi connectivity index (χ1v) is 5.28. The molecule has 0 aliphatic carbocycles. The van der Waals surface area contributed by atoms with E-state index < -0.39 is 12.0 Å². The molecule has 17 heavy (non-hydrogen) atoms. The zero-order chi connectivity index (χ0) is 12.8. The molecule has 92 valence electrons. The van der Waals surface area contributed by atoms with E-state index in [0.717, 1.165) is 11.1 Å². The number of nitrogens with one attached hydrogen (secondary N) is 2. The highest BCUT2D eigenvalue weighted by molar-refractivity contribution is 5.79. The summed E-state index contributed by atoms with van der Waals surface area (Å²) in [6, 6.07) is 5.43. The van der Waals surface area contributed by atoms with E-state index in [9.17, 15) is 9.59 Å². The van der Waals surface area contributed by atoms with Crippen molar-refractivity contribution in [1.82, 2.24) is 10.6 Å². The zero-order valence-electron chi connectivity index (χ0n) is 9.91. The van der Waals surface area contributed by atoms with Gasteiger partial charge in [-0.1, -0.05) is 18.2 Å². The molecule has 0 aromatic heterocycles. The lowest BCUT2D eigenvalue weighted by Crippen LogP contribution is -2.38. The summed E-state index contributed by atoms with van der Waals surface area (Å²) in [5, 5.41) is 13.2. The lowest BCUT2D eigenvalue weighted by molar-refractivity contribution is -0.135. The number of amides is 2. The van der Waals surface area contributed by atoms with Gasteiger partial charge in [-0.25, -0.2) is 4.79 Å². The van der Waals surface area contributed by atoms with E-state index in [2.05, 4.69) is 10.6 Å². The van der Waals surface area contributed by atoms with Crippen LogP contribution in [0.4, 0.5) is 4.79 Å². The van der Waals surface area contributed by atoms with Gasteiger partial charge in [-0.3, -0.25) is 4.79 Å². The van der Waals surface area contributed by atoms with Crippen LogP contribution in [0.15, 0.2) is 18.2 Å². The van der Waals surface area contributed by atoms with Crippen LogP contribution in [-0.4, -0.2) is 23.7 Å². The van der Waals surface area contributed by atoms with E-state index in [0.29, 0.717) is 6.54 Å². The zero-order valence-corrected chi connectivity index (χ0v) is 9.91. The van der Waals surface area contributed by atoms with Crippen LogP contribution in [-0.2, 0) is 11.3 Å². The summed E-state index contributed by atoms with van der Waals surface area (Å²) < 4.78 is 0. The Morgan fingerprint density at radius 1 is 1.18 bits per heavy atom. The molecule has 5 heteroatoms. The Hall–Kier alpha value is -2.04. The summed E-state index contributed by atoms with van der Waals surface area (Å²) in [4.78, 5) is 21.4. The second kappa shape index (κ2) is 5.89. The van der Waals surface area contributed by atoms with Gasteiger partial charge in [-0.2, -0.15) is 0 Å². The normalized spacial score (nSPS) is 9.76. The summed E-state index contributed by atoms with van der Waals surface area (Å²) in [6.07, 6.45) is 0. The average Bonchev–Trinajstić information content (AvgIpc) is 2.28. The Kier molecular flexibility index (Phi) is 4.51. The van der Waals surface area contributed by atoms with Crippen LogP contribution in [0.5, 0.6) is 0 Å². The smallest absolute Gasteiger partial charge is 0.323 e. The molecule has 0 heterocycles. The predicted octanol–water partition coefficient (Wildman–Crippen LogP) is 1.19. The minimum atomic E-state index is -1.06. The summed E-state index contributed by atoms with van der Waals surface area (Å²) in [5.74, 6) is -1.06. The molecule has 1 aromatic carbocycles. The van der Waals surface area contributed by atoms with Crippen molar-refractivity contribution >= 4 is 12.0 Å². The number of benzene rings is 1. The maximum atomic E-state index is 11.2. The van der Waals surface area contributed by atoms with Gasteiger partial charge in [0.15, 0.2) is 0 Å². The number of urea groups is 1. The van der Waals surface area contributed by atoms with E-state index in [1.54, 1.807) is 0 Å². The first-order valence-electron chi connectivity index (χ1n) is 5.28. The first kappa shape index (κ1) is 13.0. The summed E-state index contributed by atoms with van der Waals surface area (Å²) in [5.41, 5.74) is 3.35. The van der Waals surface area contributed by atoms with Gasteiger partial charge >= 0.3 is 12.0 Å². The van der Waals surface area contributed by atoms with Gasteiger partial charge in [-0.15, -0.1) is 0 Å². The number of hydrogen-bond acceptors (Lipinski definition) is 2. The fourth-order valence-electron chi connectivity index (χ4n) is 1.31. The fourth-order valence-corrected chi connectivity index (χ4v) is 1.31. The lowest BCUT2D eigenvalue weighted by Gasteiger charge is -2.07. The number of hydrogen-bond donors (Lipinski definition) is 3. The van der Waals surface area contributed by atoms with Crippen molar-refractivity contribution in [2.75, 3.05) is 6.54 Å². The Labute approximate surface area is 99.8 Å². The summed E-state index contributed by atoms with van der Waals surface area (Å²) in [6.45, 7) is 4.03. The summed E-state index contributed by atoms with van der Waals surface area (Å²) >= 11 is 0. The van der Waals surface area contributed by atoms with Gasteiger partial charge in [0.2, 0.25) is 0 Å². The Balaban J connectivity index is 2.42. The van der Waals surface area contributed by atoms with Crippen LogP contribution >= 0.6 is 0 Å². The van der Waals surface area contributed by atoms with Crippen LogP contribution in [0.25, 0.3) is 0 Å². The van der Waals surface area contributed by atoms with Crippen molar-refractivity contribution in [2.45, 2.75) is 20.4 Å². The summed E-state index contributed by atoms with van der Waals surface area (Å²) in [7, 11) is 0. The lowest BCUT2D eigenvalue weighted by atomic mass is 10.1. The molecule has 1 rings (SSSR count). The molecule has 0 bridgehead atoms. The highest BCUT2D eigenvalue weighted by Crippen LogP contribution is 2.09. The van der Waals surface area contributed by atoms with Crippen LogP contribution in [0.3, 0.4) is 0 Å². The van der Waals surface area contributed by atoms with Gasteiger partial charge in [0.1, 0.15) is 6.54 Å². The van der Waals surface area contributed by atoms with Crippen molar-refractivity contribution in [3.8, 4) is 0 Å². The van der Waals surface area contributed by atoms with Crippen LogP contribution in [0, 0.1) is 13.8 Å². The Bertz CT molecular complexity index is 430. The van der Waals surface area contributed by atoms with Crippen LogP contribution in [0.2, 0.25) is 0 Å². The molecule has 1 aromatic rings. The highest BCUT2D eigenvalue weighted by atomic mass is 16.4. The number of rotatable bonds is 4. The van der Waals surface area contributed by atoms with Crippen LogP contribution in [0.1, 0.15) is 16.7 Å². The monoisotopic (exact) mass is 236 g/mol. The van der Waals surface area contributed by atoms with Gasteiger partial charge < -0.3 is 15.7 Å². The molecule has 5 nitrogen and oxygen atoms in total. The molecule has 0 unspecified atom stereocenters. The number of carboxylic acids is 1. The van der Waals surface area contributed by atoms with Crippen molar-refractivity contribution < 1.29 is 14.7 Å². The average molecular weight is 236 g/mol. The number of aryl methyl sites for hydroxylation is 2. The van der Waals surface area contributed by atoms with E-state index >= 15 is 0 Å². The number of aliphatic carboxylic acids is 1. The molecule has 0 aliphatic heterocycles. The molecule has 0 saturated carbocycles. The molecule has 0 radical (unpaired) electrons. The third-order valence-corrected chi connectivity index (χ3v) is 2.42.